The van der Waals surface area contributed by atoms with Crippen LogP contribution in [0.3, 0.4) is 0 Å². The zero-order valence-corrected chi connectivity index (χ0v) is 14.1. The van der Waals surface area contributed by atoms with Gasteiger partial charge in [0.25, 0.3) is 0 Å². The summed E-state index contributed by atoms with van der Waals surface area (Å²) in [6, 6.07) is 8.44. The van der Waals surface area contributed by atoms with Crippen molar-refractivity contribution in [3.8, 4) is 0 Å². The van der Waals surface area contributed by atoms with Crippen LogP contribution < -0.4 is 10.0 Å². The Morgan fingerprint density at radius 2 is 2.05 bits per heavy atom. The topological polar surface area (TPSA) is 78.5 Å². The lowest BCUT2D eigenvalue weighted by Gasteiger charge is -2.32. The maximum absolute atomic E-state index is 12.0. The maximum Gasteiger partial charge on any atom is 0.240 e. The van der Waals surface area contributed by atoms with E-state index in [-0.39, 0.29) is 42.2 Å². The van der Waals surface area contributed by atoms with Gasteiger partial charge < -0.3 is 10.2 Å². The third-order valence-electron chi connectivity index (χ3n) is 3.41. The van der Waals surface area contributed by atoms with Crippen molar-refractivity contribution < 1.29 is 13.2 Å². The molecule has 1 unspecified atom stereocenters. The van der Waals surface area contributed by atoms with Crippen LogP contribution in [0.1, 0.15) is 13.3 Å². The van der Waals surface area contributed by atoms with E-state index in [9.17, 15) is 13.2 Å². The van der Waals surface area contributed by atoms with E-state index < -0.39 is 10.0 Å². The number of nitrogens with zero attached hydrogens (tertiary/aromatic N) is 1. The molecule has 1 aliphatic heterocycles. The molecule has 0 spiro atoms. The van der Waals surface area contributed by atoms with Crippen LogP contribution in [0.15, 0.2) is 35.2 Å². The Morgan fingerprint density at radius 3 is 2.68 bits per heavy atom. The third-order valence-corrected chi connectivity index (χ3v) is 4.88. The summed E-state index contributed by atoms with van der Waals surface area (Å²) in [5.74, 6) is -0.0147. The molecule has 1 aromatic rings. The van der Waals surface area contributed by atoms with E-state index in [2.05, 4.69) is 10.0 Å². The first-order valence-electron chi connectivity index (χ1n) is 7.05. The zero-order valence-electron chi connectivity index (χ0n) is 12.5. The number of amides is 1. The molecule has 1 aromatic carbocycles. The summed E-state index contributed by atoms with van der Waals surface area (Å²) in [6.45, 7) is 4.27. The third kappa shape index (κ3) is 5.24. The number of carbonyl (C=O) groups excluding carboxylic acids is 1. The number of benzene rings is 1. The Balaban J connectivity index is 0.00000242. The minimum Gasteiger partial charge on any atom is -0.340 e. The number of carbonyl (C=O) groups is 1. The molecule has 1 aliphatic rings. The highest BCUT2D eigenvalue weighted by atomic mass is 35.5. The molecule has 2 rings (SSSR count). The highest BCUT2D eigenvalue weighted by Crippen LogP contribution is 2.07. The van der Waals surface area contributed by atoms with Crippen LogP contribution >= 0.6 is 12.4 Å². The standard InChI is InChI=1S/C14H21N3O3S.ClH/c1-12-11-17(10-9-15-12)14(18)7-8-16-21(19,20)13-5-3-2-4-6-13;/h2-6,12,15-16H,7-11H2,1H3;1H. The largest absolute Gasteiger partial charge is 0.340 e. The van der Waals surface area contributed by atoms with Crippen molar-refractivity contribution >= 4 is 28.3 Å². The highest BCUT2D eigenvalue weighted by molar-refractivity contribution is 7.89. The summed E-state index contributed by atoms with van der Waals surface area (Å²) in [6.07, 6.45) is 0.179. The highest BCUT2D eigenvalue weighted by Gasteiger charge is 2.20. The summed E-state index contributed by atoms with van der Waals surface area (Å²) in [5.41, 5.74) is 0. The lowest BCUT2D eigenvalue weighted by Crippen LogP contribution is -2.51. The summed E-state index contributed by atoms with van der Waals surface area (Å²) in [7, 11) is -3.53. The fraction of sp³-hybridized carbons (Fsp3) is 0.500. The molecule has 8 heteroatoms. The average Bonchev–Trinajstić information content (AvgIpc) is 2.48. The molecule has 22 heavy (non-hydrogen) atoms. The second-order valence-electron chi connectivity index (χ2n) is 5.16. The molecular formula is C14H22ClN3O3S. The van der Waals surface area contributed by atoms with E-state index in [1.54, 1.807) is 23.1 Å². The first-order chi connectivity index (χ1) is 9.99. The summed E-state index contributed by atoms with van der Waals surface area (Å²) >= 11 is 0. The molecular weight excluding hydrogens is 326 g/mol. The van der Waals surface area contributed by atoms with Gasteiger partial charge in [-0.2, -0.15) is 0 Å². The second-order valence-corrected chi connectivity index (χ2v) is 6.92. The van der Waals surface area contributed by atoms with Crippen LogP contribution in [0.2, 0.25) is 0 Å². The monoisotopic (exact) mass is 347 g/mol. The van der Waals surface area contributed by atoms with Gasteiger partial charge in [-0.15, -0.1) is 12.4 Å². The number of nitrogens with one attached hydrogen (secondary N) is 2. The van der Waals surface area contributed by atoms with E-state index in [0.717, 1.165) is 6.54 Å². The number of halogens is 1. The fourth-order valence-corrected chi connectivity index (χ4v) is 3.35. The minimum atomic E-state index is -3.53. The van der Waals surface area contributed by atoms with Crippen molar-refractivity contribution in [2.24, 2.45) is 0 Å². The molecule has 1 heterocycles. The summed E-state index contributed by atoms with van der Waals surface area (Å²) in [4.78, 5) is 14.0. The minimum absolute atomic E-state index is 0. The molecule has 1 amide bonds. The van der Waals surface area contributed by atoms with Gasteiger partial charge in [0.2, 0.25) is 15.9 Å². The second kappa shape index (κ2) is 8.47. The first kappa shape index (κ1) is 18.9. The van der Waals surface area contributed by atoms with E-state index in [0.29, 0.717) is 13.1 Å². The lowest BCUT2D eigenvalue weighted by atomic mass is 10.2. The van der Waals surface area contributed by atoms with Crippen LogP contribution in [0.4, 0.5) is 0 Å². The van der Waals surface area contributed by atoms with E-state index >= 15 is 0 Å². The van der Waals surface area contributed by atoms with Crippen LogP contribution in [-0.4, -0.2) is 51.4 Å². The Kier molecular flexibility index (Phi) is 7.28. The van der Waals surface area contributed by atoms with Crippen molar-refractivity contribution in [3.05, 3.63) is 30.3 Å². The van der Waals surface area contributed by atoms with Gasteiger partial charge in [-0.25, -0.2) is 13.1 Å². The summed E-state index contributed by atoms with van der Waals surface area (Å²) < 4.78 is 26.5. The molecule has 2 N–H and O–H groups in total. The van der Waals surface area contributed by atoms with Gasteiger partial charge in [-0.05, 0) is 19.1 Å². The van der Waals surface area contributed by atoms with Crippen LogP contribution in [0.25, 0.3) is 0 Å². The van der Waals surface area contributed by atoms with E-state index in [1.807, 2.05) is 6.92 Å². The molecule has 124 valence electrons. The quantitative estimate of drug-likeness (QED) is 0.817. The van der Waals surface area contributed by atoms with Gasteiger partial charge in [0.1, 0.15) is 0 Å². The van der Waals surface area contributed by atoms with Crippen molar-refractivity contribution in [2.45, 2.75) is 24.3 Å². The van der Waals surface area contributed by atoms with Crippen molar-refractivity contribution in [3.63, 3.8) is 0 Å². The maximum atomic E-state index is 12.0. The Hall–Kier alpha value is -1.15. The predicted molar refractivity (Wildman–Crippen MR) is 87.5 cm³/mol. The van der Waals surface area contributed by atoms with Crippen LogP contribution in [0, 0.1) is 0 Å². The zero-order chi connectivity index (χ0) is 15.3. The van der Waals surface area contributed by atoms with Gasteiger partial charge >= 0.3 is 0 Å². The Labute approximate surface area is 137 Å². The number of hydrogen-bond donors (Lipinski definition) is 2. The number of rotatable bonds is 5. The van der Waals surface area contributed by atoms with Crippen molar-refractivity contribution in [1.29, 1.82) is 0 Å². The fourth-order valence-electron chi connectivity index (χ4n) is 2.29. The molecule has 1 atom stereocenters. The molecule has 6 nitrogen and oxygen atoms in total. The van der Waals surface area contributed by atoms with E-state index in [1.165, 1.54) is 12.1 Å². The van der Waals surface area contributed by atoms with Gasteiger partial charge in [-0.1, -0.05) is 18.2 Å². The van der Waals surface area contributed by atoms with Gasteiger partial charge in [0.15, 0.2) is 0 Å². The molecule has 1 fully saturated rings. The van der Waals surface area contributed by atoms with Crippen LogP contribution in [-0.2, 0) is 14.8 Å². The van der Waals surface area contributed by atoms with Gasteiger partial charge in [-0.3, -0.25) is 4.79 Å². The van der Waals surface area contributed by atoms with Gasteiger partial charge in [0, 0.05) is 38.6 Å². The Bertz CT molecular complexity index is 580. The molecule has 0 aromatic heterocycles. The first-order valence-corrected chi connectivity index (χ1v) is 8.53. The normalized spacial score (nSPS) is 18.6. The predicted octanol–water partition coefficient (Wildman–Crippen LogP) is 0.597. The molecule has 1 saturated heterocycles. The number of piperazine rings is 1. The molecule has 0 bridgehead atoms. The molecule has 0 aliphatic carbocycles. The van der Waals surface area contributed by atoms with Crippen LogP contribution in [0.5, 0.6) is 0 Å². The average molecular weight is 348 g/mol. The van der Waals surface area contributed by atoms with Gasteiger partial charge in [0.05, 0.1) is 4.90 Å². The number of sulfonamides is 1. The molecule has 0 saturated carbocycles. The van der Waals surface area contributed by atoms with Crippen molar-refractivity contribution in [1.82, 2.24) is 14.9 Å². The lowest BCUT2D eigenvalue weighted by molar-refractivity contribution is -0.132. The SMILES string of the molecule is CC1CN(C(=O)CCNS(=O)(=O)c2ccccc2)CCN1.Cl. The molecule has 0 radical (unpaired) electrons. The van der Waals surface area contributed by atoms with E-state index in [4.69, 9.17) is 0 Å². The summed E-state index contributed by atoms with van der Waals surface area (Å²) in [5, 5.41) is 3.26. The smallest absolute Gasteiger partial charge is 0.240 e. The Morgan fingerprint density at radius 1 is 1.36 bits per heavy atom. The van der Waals surface area contributed by atoms with Crippen molar-refractivity contribution in [2.75, 3.05) is 26.2 Å². The number of hydrogen-bond acceptors (Lipinski definition) is 4.